The number of hydrogen-bond acceptors (Lipinski definition) is 2. The molecule has 2 rings (SSSR count). The number of halogens is 1. The van der Waals surface area contributed by atoms with E-state index in [0.29, 0.717) is 5.57 Å². The van der Waals surface area contributed by atoms with E-state index in [2.05, 4.69) is 22.5 Å². The average Bonchev–Trinajstić information content (AvgIpc) is 2.57. The van der Waals surface area contributed by atoms with Crippen LogP contribution in [0.3, 0.4) is 0 Å². The minimum Gasteiger partial charge on any atom is -0.454 e. The third kappa shape index (κ3) is 2.34. The molecule has 1 saturated heterocycles. The van der Waals surface area contributed by atoms with Gasteiger partial charge < -0.3 is 4.74 Å². The Morgan fingerprint density at radius 1 is 1.35 bits per heavy atom. The molecule has 1 aromatic carbocycles. The monoisotopic (exact) mass is 292 g/mol. The molecule has 3 heteroatoms. The summed E-state index contributed by atoms with van der Waals surface area (Å²) >= 11 is 3.39. The van der Waals surface area contributed by atoms with Crippen LogP contribution in [0.1, 0.15) is 18.4 Å². The van der Waals surface area contributed by atoms with Crippen molar-refractivity contribution in [2.45, 2.75) is 18.9 Å². The van der Waals surface area contributed by atoms with Crippen LogP contribution in [0.15, 0.2) is 53.0 Å². The van der Waals surface area contributed by atoms with Crippen LogP contribution >= 0.6 is 15.9 Å². The quantitative estimate of drug-likeness (QED) is 0.473. The van der Waals surface area contributed by atoms with Crippen LogP contribution in [0.4, 0.5) is 0 Å². The largest absolute Gasteiger partial charge is 0.454 e. The first-order valence-electron chi connectivity index (χ1n) is 5.41. The summed E-state index contributed by atoms with van der Waals surface area (Å²) in [5.74, 6) is -0.382. The zero-order valence-electron chi connectivity index (χ0n) is 9.52. The highest BCUT2D eigenvalue weighted by molar-refractivity contribution is 9.10. The lowest BCUT2D eigenvalue weighted by atomic mass is 9.89. The van der Waals surface area contributed by atoms with Crippen molar-refractivity contribution in [2.75, 3.05) is 0 Å². The molecule has 1 aliphatic rings. The second-order valence-electron chi connectivity index (χ2n) is 3.95. The topological polar surface area (TPSA) is 26.3 Å². The SMILES string of the molecule is C=C1C(=O)O[C@H](/C=C/C)[C@@H]1c1ccc(Br)cc1. The Labute approximate surface area is 109 Å². The van der Waals surface area contributed by atoms with Gasteiger partial charge in [-0.2, -0.15) is 0 Å². The summed E-state index contributed by atoms with van der Waals surface area (Å²) in [6.07, 6.45) is 3.55. The summed E-state index contributed by atoms with van der Waals surface area (Å²) in [5, 5.41) is 0. The lowest BCUT2D eigenvalue weighted by Crippen LogP contribution is -2.11. The molecule has 1 aliphatic heterocycles. The molecule has 2 atom stereocenters. The maximum Gasteiger partial charge on any atom is 0.334 e. The van der Waals surface area contributed by atoms with Gasteiger partial charge in [-0.15, -0.1) is 0 Å². The van der Waals surface area contributed by atoms with E-state index in [4.69, 9.17) is 4.74 Å². The Kier molecular flexibility index (Phi) is 3.48. The first-order valence-corrected chi connectivity index (χ1v) is 6.21. The van der Waals surface area contributed by atoms with E-state index >= 15 is 0 Å². The molecule has 1 fully saturated rings. The number of carbonyl (C=O) groups is 1. The molecule has 17 heavy (non-hydrogen) atoms. The predicted molar refractivity (Wildman–Crippen MR) is 70.7 cm³/mol. The van der Waals surface area contributed by atoms with E-state index in [1.807, 2.05) is 43.3 Å². The molecule has 1 aromatic rings. The lowest BCUT2D eigenvalue weighted by molar-refractivity contribution is -0.137. The standard InChI is InChI=1S/C14H13BrO2/c1-3-4-12-13(9(2)14(16)17-12)10-5-7-11(15)8-6-10/h3-8,12-13H,2H2,1H3/b4-3+/t12-,13+/m1/s1. The molecule has 0 saturated carbocycles. The van der Waals surface area contributed by atoms with Crippen molar-refractivity contribution in [3.05, 3.63) is 58.6 Å². The van der Waals surface area contributed by atoms with E-state index in [1.165, 1.54) is 0 Å². The molecule has 2 nitrogen and oxygen atoms in total. The molecule has 0 radical (unpaired) electrons. The van der Waals surface area contributed by atoms with Crippen LogP contribution in [-0.2, 0) is 9.53 Å². The van der Waals surface area contributed by atoms with Crippen molar-refractivity contribution in [3.63, 3.8) is 0 Å². The van der Waals surface area contributed by atoms with Crippen molar-refractivity contribution in [3.8, 4) is 0 Å². The van der Waals surface area contributed by atoms with Gasteiger partial charge in [0.1, 0.15) is 6.10 Å². The van der Waals surface area contributed by atoms with E-state index in [1.54, 1.807) is 0 Å². The van der Waals surface area contributed by atoms with Crippen molar-refractivity contribution < 1.29 is 9.53 Å². The van der Waals surface area contributed by atoms with E-state index in [-0.39, 0.29) is 18.0 Å². The Morgan fingerprint density at radius 3 is 2.59 bits per heavy atom. The number of ether oxygens (including phenoxy) is 1. The third-order valence-electron chi connectivity index (χ3n) is 2.82. The van der Waals surface area contributed by atoms with Crippen molar-refractivity contribution in [1.29, 1.82) is 0 Å². The summed E-state index contributed by atoms with van der Waals surface area (Å²) in [6, 6.07) is 7.88. The van der Waals surface area contributed by atoms with Crippen LogP contribution in [-0.4, -0.2) is 12.1 Å². The Morgan fingerprint density at radius 2 is 2.00 bits per heavy atom. The Hall–Kier alpha value is -1.35. The zero-order valence-corrected chi connectivity index (χ0v) is 11.1. The molecule has 1 heterocycles. The highest BCUT2D eigenvalue weighted by Crippen LogP contribution is 2.36. The summed E-state index contributed by atoms with van der Waals surface area (Å²) in [5.41, 5.74) is 1.57. The summed E-state index contributed by atoms with van der Waals surface area (Å²) in [7, 11) is 0. The number of rotatable bonds is 2. The van der Waals surface area contributed by atoms with Gasteiger partial charge in [-0.1, -0.05) is 40.7 Å². The molecular weight excluding hydrogens is 280 g/mol. The zero-order chi connectivity index (χ0) is 12.4. The third-order valence-corrected chi connectivity index (χ3v) is 3.35. The Balaban J connectivity index is 2.37. The van der Waals surface area contributed by atoms with Crippen molar-refractivity contribution in [2.24, 2.45) is 0 Å². The van der Waals surface area contributed by atoms with Gasteiger partial charge in [-0.3, -0.25) is 0 Å². The summed E-state index contributed by atoms with van der Waals surface area (Å²) in [4.78, 5) is 11.5. The second kappa shape index (κ2) is 4.88. The highest BCUT2D eigenvalue weighted by atomic mass is 79.9. The highest BCUT2D eigenvalue weighted by Gasteiger charge is 2.37. The molecule has 0 spiro atoms. The summed E-state index contributed by atoms with van der Waals surface area (Å²) in [6.45, 7) is 5.74. The fourth-order valence-corrected chi connectivity index (χ4v) is 2.26. The second-order valence-corrected chi connectivity index (χ2v) is 4.87. The van der Waals surface area contributed by atoms with E-state index in [9.17, 15) is 4.79 Å². The minimum atomic E-state index is -0.305. The van der Waals surface area contributed by atoms with Gasteiger partial charge in [0.2, 0.25) is 0 Å². The summed E-state index contributed by atoms with van der Waals surface area (Å²) < 4.78 is 6.29. The Bertz CT molecular complexity index is 474. The number of allylic oxidation sites excluding steroid dienone is 1. The number of esters is 1. The smallest absolute Gasteiger partial charge is 0.334 e. The molecule has 0 bridgehead atoms. The number of carbonyl (C=O) groups excluding carboxylic acids is 1. The molecule has 0 aliphatic carbocycles. The van der Waals surface area contributed by atoms with Crippen molar-refractivity contribution in [1.82, 2.24) is 0 Å². The maximum absolute atomic E-state index is 11.5. The molecule has 88 valence electrons. The number of hydrogen-bond donors (Lipinski definition) is 0. The first-order chi connectivity index (χ1) is 8.13. The van der Waals surface area contributed by atoms with Gasteiger partial charge in [0.05, 0.1) is 5.92 Å². The van der Waals surface area contributed by atoms with Crippen LogP contribution < -0.4 is 0 Å². The number of cyclic esters (lactones) is 1. The average molecular weight is 293 g/mol. The van der Waals surface area contributed by atoms with Gasteiger partial charge in [-0.25, -0.2) is 4.79 Å². The molecule has 0 aromatic heterocycles. The predicted octanol–water partition coefficient (Wildman–Crippen LogP) is 3.59. The fraction of sp³-hybridized carbons (Fsp3) is 0.214. The van der Waals surface area contributed by atoms with Gasteiger partial charge >= 0.3 is 5.97 Å². The van der Waals surface area contributed by atoms with Gasteiger partial charge in [0.25, 0.3) is 0 Å². The molecule has 0 unspecified atom stereocenters. The van der Waals surface area contributed by atoms with Crippen LogP contribution in [0.5, 0.6) is 0 Å². The van der Waals surface area contributed by atoms with Gasteiger partial charge in [0.15, 0.2) is 0 Å². The normalized spacial score (nSPS) is 24.4. The van der Waals surface area contributed by atoms with E-state index in [0.717, 1.165) is 10.0 Å². The van der Waals surface area contributed by atoms with Gasteiger partial charge in [-0.05, 0) is 30.7 Å². The molecule has 0 amide bonds. The van der Waals surface area contributed by atoms with Crippen molar-refractivity contribution >= 4 is 21.9 Å². The first kappa shape index (κ1) is 12.1. The van der Waals surface area contributed by atoms with Crippen LogP contribution in [0.2, 0.25) is 0 Å². The fourth-order valence-electron chi connectivity index (χ4n) is 1.99. The van der Waals surface area contributed by atoms with Crippen LogP contribution in [0.25, 0.3) is 0 Å². The molecule has 0 N–H and O–H groups in total. The van der Waals surface area contributed by atoms with Crippen LogP contribution in [0, 0.1) is 0 Å². The van der Waals surface area contributed by atoms with E-state index < -0.39 is 0 Å². The lowest BCUT2D eigenvalue weighted by Gasteiger charge is -2.14. The molecular formula is C14H13BrO2. The number of benzene rings is 1. The minimum absolute atomic E-state index is 0.0770. The van der Waals surface area contributed by atoms with Gasteiger partial charge in [0, 0.05) is 10.0 Å². The maximum atomic E-state index is 11.5.